The number of amides is 3. The second-order valence-electron chi connectivity index (χ2n) is 7.76. The van der Waals surface area contributed by atoms with Gasteiger partial charge in [-0.3, -0.25) is 34.2 Å². The molecule has 3 amide bonds. The van der Waals surface area contributed by atoms with E-state index < -0.39 is 29.0 Å². The molecule has 3 aromatic rings. The molecule has 1 aliphatic rings. The van der Waals surface area contributed by atoms with Crippen LogP contribution in [0.5, 0.6) is 0 Å². The largest absolute Gasteiger partial charge is 0.345 e. The highest BCUT2D eigenvalue weighted by Crippen LogP contribution is 2.25. The van der Waals surface area contributed by atoms with Crippen molar-refractivity contribution in [1.29, 1.82) is 0 Å². The Morgan fingerprint density at radius 3 is 2.45 bits per heavy atom. The third-order valence-electron chi connectivity index (χ3n) is 5.56. The smallest absolute Gasteiger partial charge is 0.272 e. The van der Waals surface area contributed by atoms with E-state index in [0.717, 1.165) is 12.8 Å². The van der Waals surface area contributed by atoms with Crippen molar-refractivity contribution in [2.75, 3.05) is 18.4 Å². The fraction of sp³-hybridized carbons (Fsp3) is 0.261. The zero-order valence-corrected chi connectivity index (χ0v) is 17.7. The number of aromatic amines is 2. The van der Waals surface area contributed by atoms with Crippen molar-refractivity contribution >= 4 is 34.2 Å². The minimum absolute atomic E-state index is 0.0435. The highest BCUT2D eigenvalue weighted by Gasteiger charge is 2.32. The number of likely N-dealkylation sites (tertiary alicyclic amines) is 1. The Balaban J connectivity index is 1.50. The fourth-order valence-electron chi connectivity index (χ4n) is 4.00. The normalized spacial score (nSPS) is 14.7. The summed E-state index contributed by atoms with van der Waals surface area (Å²) in [5.41, 5.74) is -0.237. The number of fused-ring (bicyclic) bond motifs is 1. The molecule has 1 aromatic heterocycles. The molecular weight excluding hydrogens is 426 g/mol. The Labute approximate surface area is 188 Å². The lowest BCUT2D eigenvalue weighted by molar-refractivity contribution is -0.142. The number of hydrogen-bond donors (Lipinski definition) is 4. The number of piperidine rings is 1. The Bertz CT molecular complexity index is 1310. The maximum atomic E-state index is 13.1. The van der Waals surface area contributed by atoms with Gasteiger partial charge in [0.15, 0.2) is 0 Å². The van der Waals surface area contributed by atoms with Crippen LogP contribution in [0.4, 0.5) is 5.69 Å². The van der Waals surface area contributed by atoms with Gasteiger partial charge in [0.25, 0.3) is 11.1 Å². The number of carbonyl (C=O) groups excluding carboxylic acids is 3. The molecule has 1 atom stereocenters. The molecule has 4 N–H and O–H groups in total. The lowest BCUT2D eigenvalue weighted by atomic mass is 10.0. The van der Waals surface area contributed by atoms with Crippen molar-refractivity contribution in [3.8, 4) is 0 Å². The van der Waals surface area contributed by atoms with E-state index in [4.69, 9.17) is 0 Å². The van der Waals surface area contributed by atoms with E-state index in [1.807, 2.05) is 6.07 Å². The molecule has 0 saturated carbocycles. The van der Waals surface area contributed by atoms with Crippen LogP contribution in [0, 0.1) is 0 Å². The van der Waals surface area contributed by atoms with Crippen LogP contribution in [0.2, 0.25) is 0 Å². The third-order valence-corrected chi connectivity index (χ3v) is 5.56. The van der Waals surface area contributed by atoms with Crippen LogP contribution in [0.25, 0.3) is 10.8 Å². The van der Waals surface area contributed by atoms with E-state index in [0.29, 0.717) is 18.5 Å². The minimum atomic E-state index is -0.842. The van der Waals surface area contributed by atoms with E-state index >= 15 is 0 Å². The summed E-state index contributed by atoms with van der Waals surface area (Å²) in [6.07, 6.45) is 1.97. The first-order valence-electron chi connectivity index (χ1n) is 10.6. The van der Waals surface area contributed by atoms with E-state index in [-0.39, 0.29) is 28.9 Å². The standard InChI is InChI=1S/C23H23N5O5/c29-17(25-16-10-6-9-15-19(16)22(32)27-26-21(15)31)13-24-23(33)20(14-7-2-1-3-8-14)28-12-5-4-11-18(28)30/h1-3,6-10,20H,4-5,11-13H2,(H,24,33)(H,25,29)(H,26,31)(H,27,32). The Morgan fingerprint density at radius 1 is 0.939 bits per heavy atom. The average molecular weight is 449 g/mol. The number of aromatic nitrogens is 2. The van der Waals surface area contributed by atoms with Gasteiger partial charge in [0.05, 0.1) is 23.0 Å². The van der Waals surface area contributed by atoms with E-state index in [1.165, 1.54) is 12.1 Å². The monoisotopic (exact) mass is 449 g/mol. The molecule has 1 aliphatic heterocycles. The number of nitrogens with zero attached hydrogens (tertiary/aromatic N) is 1. The number of anilines is 1. The summed E-state index contributed by atoms with van der Waals surface area (Å²) >= 11 is 0. The number of rotatable bonds is 6. The van der Waals surface area contributed by atoms with Gasteiger partial charge in [-0.05, 0) is 30.5 Å². The van der Waals surface area contributed by atoms with Crippen molar-refractivity contribution in [2.45, 2.75) is 25.3 Å². The summed E-state index contributed by atoms with van der Waals surface area (Å²) in [6.45, 7) is 0.0903. The topological polar surface area (TPSA) is 144 Å². The Hall–Kier alpha value is -4.21. The van der Waals surface area contributed by atoms with Crippen LogP contribution in [-0.2, 0) is 14.4 Å². The highest BCUT2D eigenvalue weighted by atomic mass is 16.2. The molecule has 1 saturated heterocycles. The first kappa shape index (κ1) is 22.0. The van der Waals surface area contributed by atoms with E-state index in [2.05, 4.69) is 20.8 Å². The molecule has 170 valence electrons. The summed E-state index contributed by atoms with van der Waals surface area (Å²) in [5.74, 6) is -1.15. The van der Waals surface area contributed by atoms with Crippen LogP contribution in [-0.4, -0.2) is 45.9 Å². The molecule has 10 nitrogen and oxygen atoms in total. The van der Waals surface area contributed by atoms with Crippen molar-refractivity contribution in [2.24, 2.45) is 0 Å². The quantitative estimate of drug-likeness (QED) is 0.444. The van der Waals surface area contributed by atoms with Gasteiger partial charge in [0, 0.05) is 13.0 Å². The van der Waals surface area contributed by atoms with Crippen LogP contribution in [0.3, 0.4) is 0 Å². The summed E-state index contributed by atoms with van der Waals surface area (Å²) < 4.78 is 0. The van der Waals surface area contributed by atoms with Gasteiger partial charge in [-0.1, -0.05) is 36.4 Å². The second kappa shape index (κ2) is 9.51. The third kappa shape index (κ3) is 4.69. The molecule has 1 unspecified atom stereocenters. The predicted molar refractivity (Wildman–Crippen MR) is 122 cm³/mol. The van der Waals surface area contributed by atoms with Gasteiger partial charge < -0.3 is 15.5 Å². The van der Waals surface area contributed by atoms with Gasteiger partial charge in [0.2, 0.25) is 17.7 Å². The lowest BCUT2D eigenvalue weighted by Gasteiger charge is -2.34. The number of carbonyl (C=O) groups is 3. The first-order valence-corrected chi connectivity index (χ1v) is 10.6. The number of benzene rings is 2. The summed E-state index contributed by atoms with van der Waals surface area (Å²) in [6, 6.07) is 12.6. The molecule has 0 radical (unpaired) electrons. The van der Waals surface area contributed by atoms with Gasteiger partial charge in [-0.15, -0.1) is 0 Å². The van der Waals surface area contributed by atoms with Crippen LogP contribution >= 0.6 is 0 Å². The Kier molecular flexibility index (Phi) is 6.34. The molecule has 33 heavy (non-hydrogen) atoms. The van der Waals surface area contributed by atoms with Crippen molar-refractivity contribution in [3.05, 3.63) is 74.8 Å². The SMILES string of the molecule is O=C(CNC(=O)C(c1ccccc1)N1CCCCC1=O)Nc1cccc2c(=O)[nH][nH]c(=O)c12. The average Bonchev–Trinajstić information content (AvgIpc) is 2.82. The van der Waals surface area contributed by atoms with E-state index in [1.54, 1.807) is 35.2 Å². The molecule has 0 spiro atoms. The molecule has 2 heterocycles. The molecular formula is C23H23N5O5. The minimum Gasteiger partial charge on any atom is -0.345 e. The second-order valence-corrected chi connectivity index (χ2v) is 7.76. The van der Waals surface area contributed by atoms with Crippen LogP contribution in [0.15, 0.2) is 58.1 Å². The molecule has 10 heteroatoms. The van der Waals surface area contributed by atoms with Gasteiger partial charge in [0.1, 0.15) is 6.04 Å². The fourth-order valence-corrected chi connectivity index (χ4v) is 4.00. The van der Waals surface area contributed by atoms with Crippen molar-refractivity contribution in [1.82, 2.24) is 20.4 Å². The molecule has 0 bridgehead atoms. The predicted octanol–water partition coefficient (Wildman–Crippen LogP) is 1.02. The van der Waals surface area contributed by atoms with Gasteiger partial charge in [-0.2, -0.15) is 0 Å². The number of H-pyrrole nitrogens is 2. The van der Waals surface area contributed by atoms with Crippen molar-refractivity contribution < 1.29 is 14.4 Å². The summed E-state index contributed by atoms with van der Waals surface area (Å²) in [7, 11) is 0. The van der Waals surface area contributed by atoms with Gasteiger partial charge in [-0.25, -0.2) is 0 Å². The Morgan fingerprint density at radius 2 is 1.70 bits per heavy atom. The zero-order chi connectivity index (χ0) is 23.4. The lowest BCUT2D eigenvalue weighted by Crippen LogP contribution is -2.47. The molecule has 4 rings (SSSR count). The summed E-state index contributed by atoms with van der Waals surface area (Å²) in [4.78, 5) is 63.8. The zero-order valence-electron chi connectivity index (χ0n) is 17.7. The molecule has 0 aliphatic carbocycles. The summed E-state index contributed by atoms with van der Waals surface area (Å²) in [5, 5.41) is 9.80. The molecule has 2 aromatic carbocycles. The highest BCUT2D eigenvalue weighted by molar-refractivity contribution is 6.03. The van der Waals surface area contributed by atoms with Gasteiger partial charge >= 0.3 is 0 Å². The van der Waals surface area contributed by atoms with Crippen LogP contribution in [0.1, 0.15) is 30.9 Å². The first-order chi connectivity index (χ1) is 16.0. The number of hydrogen-bond acceptors (Lipinski definition) is 5. The van der Waals surface area contributed by atoms with Crippen LogP contribution < -0.4 is 21.8 Å². The molecule has 1 fully saturated rings. The maximum Gasteiger partial charge on any atom is 0.272 e. The van der Waals surface area contributed by atoms with Crippen molar-refractivity contribution in [3.63, 3.8) is 0 Å². The van der Waals surface area contributed by atoms with E-state index in [9.17, 15) is 24.0 Å². The maximum absolute atomic E-state index is 13.1. The number of nitrogens with one attached hydrogen (secondary N) is 4.